The molecule has 1 heterocycles. The minimum atomic E-state index is -3.70. The molecular formula is C22H25ClN2O4S. The molecule has 0 unspecified atom stereocenters. The molecule has 6 nitrogen and oxygen atoms in total. The highest BCUT2D eigenvalue weighted by Crippen LogP contribution is 2.25. The largest absolute Gasteiger partial charge is 0.340 e. The number of carbonyl (C=O) groups excluding carboxylic acids is 2. The number of aryl methyl sites for hydroxylation is 2. The normalized spacial score (nSPS) is 15.2. The average molecular weight is 449 g/mol. The van der Waals surface area contributed by atoms with Crippen molar-refractivity contribution in [3.05, 3.63) is 64.2 Å². The number of ketones is 1. The van der Waals surface area contributed by atoms with Crippen molar-refractivity contribution >= 4 is 33.3 Å². The van der Waals surface area contributed by atoms with E-state index in [1.807, 2.05) is 32.0 Å². The maximum absolute atomic E-state index is 12.8. The molecule has 1 amide bonds. The fourth-order valence-electron chi connectivity index (χ4n) is 3.52. The lowest BCUT2D eigenvalue weighted by Crippen LogP contribution is -2.50. The van der Waals surface area contributed by atoms with E-state index in [1.165, 1.54) is 10.4 Å². The van der Waals surface area contributed by atoms with Gasteiger partial charge in [-0.05, 0) is 37.6 Å². The van der Waals surface area contributed by atoms with E-state index in [0.717, 1.165) is 11.1 Å². The third-order valence-corrected chi connectivity index (χ3v) is 7.70. The van der Waals surface area contributed by atoms with Crippen molar-refractivity contribution in [1.82, 2.24) is 9.21 Å². The molecule has 0 aliphatic carbocycles. The summed E-state index contributed by atoms with van der Waals surface area (Å²) in [7, 11) is -3.70. The van der Waals surface area contributed by atoms with Crippen LogP contribution in [0.1, 0.15) is 34.3 Å². The SMILES string of the molecule is Cc1ccc(C)c(C(=O)CCC(=O)N2CCN(S(=O)(=O)c3ccccc3Cl)CC2)c1. The van der Waals surface area contributed by atoms with E-state index in [2.05, 4.69) is 0 Å². The summed E-state index contributed by atoms with van der Waals surface area (Å²) in [5, 5.41) is 0.181. The van der Waals surface area contributed by atoms with Crippen molar-refractivity contribution < 1.29 is 18.0 Å². The van der Waals surface area contributed by atoms with Gasteiger partial charge in [-0.1, -0.05) is 41.4 Å². The van der Waals surface area contributed by atoms with Gasteiger partial charge in [0.15, 0.2) is 5.78 Å². The van der Waals surface area contributed by atoms with Crippen LogP contribution in [-0.4, -0.2) is 55.5 Å². The minimum absolute atomic E-state index is 0.0514. The molecule has 1 aliphatic rings. The number of sulfonamides is 1. The van der Waals surface area contributed by atoms with Crippen LogP contribution in [0.5, 0.6) is 0 Å². The van der Waals surface area contributed by atoms with Crippen LogP contribution in [0.3, 0.4) is 0 Å². The van der Waals surface area contributed by atoms with Crippen LogP contribution < -0.4 is 0 Å². The number of amides is 1. The molecule has 1 aliphatic heterocycles. The molecule has 0 bridgehead atoms. The van der Waals surface area contributed by atoms with Crippen molar-refractivity contribution in [2.45, 2.75) is 31.6 Å². The van der Waals surface area contributed by atoms with Gasteiger partial charge in [0.25, 0.3) is 0 Å². The van der Waals surface area contributed by atoms with Crippen LogP contribution in [-0.2, 0) is 14.8 Å². The number of carbonyl (C=O) groups is 2. The third kappa shape index (κ3) is 4.91. The molecule has 30 heavy (non-hydrogen) atoms. The van der Waals surface area contributed by atoms with Crippen molar-refractivity contribution in [2.75, 3.05) is 26.2 Å². The molecule has 1 saturated heterocycles. The Morgan fingerprint density at radius 1 is 0.967 bits per heavy atom. The van der Waals surface area contributed by atoms with Gasteiger partial charge in [-0.15, -0.1) is 0 Å². The highest BCUT2D eigenvalue weighted by molar-refractivity contribution is 7.89. The Hall–Kier alpha value is -2.22. The summed E-state index contributed by atoms with van der Waals surface area (Å²) >= 11 is 6.05. The highest BCUT2D eigenvalue weighted by Gasteiger charge is 2.31. The zero-order chi connectivity index (χ0) is 21.9. The van der Waals surface area contributed by atoms with Gasteiger partial charge >= 0.3 is 0 Å². The molecule has 0 radical (unpaired) electrons. The third-order valence-electron chi connectivity index (χ3n) is 5.31. The Kier molecular flexibility index (Phi) is 6.95. The number of hydrogen-bond donors (Lipinski definition) is 0. The second-order valence-corrected chi connectivity index (χ2v) is 9.77. The molecule has 2 aromatic carbocycles. The molecule has 8 heteroatoms. The van der Waals surface area contributed by atoms with Crippen LogP contribution >= 0.6 is 11.6 Å². The number of Topliss-reactive ketones (excluding diaryl/α,β-unsaturated/α-hetero) is 1. The van der Waals surface area contributed by atoms with Crippen molar-refractivity contribution in [2.24, 2.45) is 0 Å². The monoisotopic (exact) mass is 448 g/mol. The molecule has 3 rings (SSSR count). The molecular weight excluding hydrogens is 424 g/mol. The first-order valence-electron chi connectivity index (χ1n) is 9.83. The average Bonchev–Trinajstić information content (AvgIpc) is 2.73. The Morgan fingerprint density at radius 2 is 1.63 bits per heavy atom. The standard InChI is InChI=1S/C22H25ClN2O4S/c1-16-7-8-17(2)18(15-16)20(26)9-10-22(27)24-11-13-25(14-12-24)30(28,29)21-6-4-3-5-19(21)23/h3-8,15H,9-14H2,1-2H3. The second-order valence-electron chi connectivity index (χ2n) is 7.46. The van der Waals surface area contributed by atoms with Gasteiger partial charge in [0.05, 0.1) is 5.02 Å². The number of halogens is 1. The molecule has 0 saturated carbocycles. The molecule has 2 aromatic rings. The van der Waals surface area contributed by atoms with Crippen molar-refractivity contribution in [3.63, 3.8) is 0 Å². The van der Waals surface area contributed by atoms with Crippen molar-refractivity contribution in [3.8, 4) is 0 Å². The summed E-state index contributed by atoms with van der Waals surface area (Å²) in [5.41, 5.74) is 2.56. The number of piperazine rings is 1. The summed E-state index contributed by atoms with van der Waals surface area (Å²) in [4.78, 5) is 26.8. The van der Waals surface area contributed by atoms with E-state index in [0.29, 0.717) is 18.7 Å². The Morgan fingerprint density at radius 3 is 2.30 bits per heavy atom. The maximum Gasteiger partial charge on any atom is 0.244 e. The van der Waals surface area contributed by atoms with E-state index in [-0.39, 0.29) is 47.5 Å². The first-order valence-corrected chi connectivity index (χ1v) is 11.6. The van der Waals surface area contributed by atoms with Gasteiger partial charge in [0.2, 0.25) is 15.9 Å². The fourth-order valence-corrected chi connectivity index (χ4v) is 5.44. The lowest BCUT2D eigenvalue weighted by Gasteiger charge is -2.34. The Balaban J connectivity index is 1.56. The van der Waals surface area contributed by atoms with Crippen LogP contribution in [0.4, 0.5) is 0 Å². The topological polar surface area (TPSA) is 74.8 Å². The lowest BCUT2D eigenvalue weighted by molar-refractivity contribution is -0.132. The van der Waals surface area contributed by atoms with Gasteiger partial charge in [0, 0.05) is 44.6 Å². The van der Waals surface area contributed by atoms with E-state index >= 15 is 0 Å². The van der Waals surface area contributed by atoms with Gasteiger partial charge < -0.3 is 4.90 Å². The lowest BCUT2D eigenvalue weighted by atomic mass is 9.99. The highest BCUT2D eigenvalue weighted by atomic mass is 35.5. The minimum Gasteiger partial charge on any atom is -0.340 e. The number of benzene rings is 2. The van der Waals surface area contributed by atoms with Gasteiger partial charge in [-0.3, -0.25) is 9.59 Å². The van der Waals surface area contributed by atoms with Gasteiger partial charge in [-0.2, -0.15) is 4.31 Å². The number of nitrogens with zero attached hydrogens (tertiary/aromatic N) is 2. The van der Waals surface area contributed by atoms with E-state index in [4.69, 9.17) is 11.6 Å². The zero-order valence-corrected chi connectivity index (χ0v) is 18.7. The molecule has 1 fully saturated rings. The maximum atomic E-state index is 12.8. The zero-order valence-electron chi connectivity index (χ0n) is 17.1. The van der Waals surface area contributed by atoms with E-state index < -0.39 is 10.0 Å². The smallest absolute Gasteiger partial charge is 0.244 e. The second kappa shape index (κ2) is 9.29. The van der Waals surface area contributed by atoms with Crippen LogP contribution in [0, 0.1) is 13.8 Å². The van der Waals surface area contributed by atoms with Gasteiger partial charge in [0.1, 0.15) is 4.90 Å². The summed E-state index contributed by atoms with van der Waals surface area (Å²) in [6, 6.07) is 12.0. The van der Waals surface area contributed by atoms with E-state index in [1.54, 1.807) is 23.1 Å². The Labute approximate surface area is 182 Å². The first-order chi connectivity index (χ1) is 14.2. The molecule has 0 spiro atoms. The number of rotatable bonds is 6. The summed E-state index contributed by atoms with van der Waals surface area (Å²) in [6.07, 6.45) is 0.255. The Bertz CT molecular complexity index is 1060. The predicted molar refractivity (Wildman–Crippen MR) is 116 cm³/mol. The fraction of sp³-hybridized carbons (Fsp3) is 0.364. The molecule has 0 aromatic heterocycles. The quantitative estimate of drug-likeness (QED) is 0.634. The predicted octanol–water partition coefficient (Wildman–Crippen LogP) is 3.45. The molecule has 160 valence electrons. The summed E-state index contributed by atoms with van der Waals surface area (Å²) < 4.78 is 27.0. The van der Waals surface area contributed by atoms with Gasteiger partial charge in [-0.25, -0.2) is 8.42 Å². The van der Waals surface area contributed by atoms with Crippen LogP contribution in [0.2, 0.25) is 5.02 Å². The molecule has 0 atom stereocenters. The summed E-state index contributed by atoms with van der Waals surface area (Å²) in [5.74, 6) is -0.187. The number of hydrogen-bond acceptors (Lipinski definition) is 4. The van der Waals surface area contributed by atoms with Crippen LogP contribution in [0.15, 0.2) is 47.4 Å². The van der Waals surface area contributed by atoms with Crippen LogP contribution in [0.25, 0.3) is 0 Å². The van der Waals surface area contributed by atoms with E-state index in [9.17, 15) is 18.0 Å². The summed E-state index contributed by atoms with van der Waals surface area (Å²) in [6.45, 7) is 4.79. The first kappa shape index (κ1) is 22.5. The molecule has 0 N–H and O–H groups in total. The van der Waals surface area contributed by atoms with Crippen molar-refractivity contribution in [1.29, 1.82) is 0 Å².